The van der Waals surface area contributed by atoms with Gasteiger partial charge >= 0.3 is 0 Å². The summed E-state index contributed by atoms with van der Waals surface area (Å²) in [5, 5.41) is 4.03. The highest BCUT2D eigenvalue weighted by Gasteiger charge is 2.36. The summed E-state index contributed by atoms with van der Waals surface area (Å²) >= 11 is 0. The Kier molecular flexibility index (Phi) is 5.22. The molecule has 98 valence electrons. The highest BCUT2D eigenvalue weighted by molar-refractivity contribution is 6.69. The van der Waals surface area contributed by atoms with E-state index in [1.54, 1.807) is 0 Å². The van der Waals surface area contributed by atoms with Crippen molar-refractivity contribution >= 4 is 21.9 Å². The highest BCUT2D eigenvalue weighted by atomic mass is 28.4. The molecule has 0 aliphatic carbocycles. The minimum Gasteiger partial charge on any atom is -0.415 e. The maximum absolute atomic E-state index is 5.88. The second-order valence-electron chi connectivity index (χ2n) is 5.83. The Morgan fingerprint density at radius 2 is 2.06 bits per heavy atom. The molecule has 1 aliphatic rings. The fourth-order valence-corrected chi connectivity index (χ4v) is 2.35. The molecule has 0 amide bonds. The molecular formula is C11H24BNO3Si. The van der Waals surface area contributed by atoms with Crippen molar-refractivity contribution in [3.8, 4) is 0 Å². The van der Waals surface area contributed by atoms with Crippen LogP contribution in [0, 0.1) is 0 Å². The minimum atomic E-state index is -1.49. The molecule has 1 aliphatic heterocycles. The van der Waals surface area contributed by atoms with Gasteiger partial charge in [-0.1, -0.05) is 5.16 Å². The third-order valence-corrected chi connectivity index (χ3v) is 3.47. The van der Waals surface area contributed by atoms with Gasteiger partial charge in [-0.15, -0.1) is 0 Å². The van der Waals surface area contributed by atoms with Crippen molar-refractivity contribution < 1.29 is 14.0 Å². The number of rotatable bonds is 5. The van der Waals surface area contributed by atoms with E-state index >= 15 is 0 Å². The predicted octanol–water partition coefficient (Wildman–Crippen LogP) is 1.37. The zero-order valence-corrected chi connectivity index (χ0v) is 12.8. The first kappa shape index (κ1) is 14.7. The average molecular weight is 257 g/mol. The van der Waals surface area contributed by atoms with Crippen LogP contribution in [0.5, 0.6) is 0 Å². The highest BCUT2D eigenvalue weighted by Crippen LogP contribution is 2.23. The van der Waals surface area contributed by atoms with E-state index in [1.165, 1.54) is 0 Å². The van der Waals surface area contributed by atoms with Crippen LogP contribution in [0.4, 0.5) is 0 Å². The largest absolute Gasteiger partial charge is 0.415 e. The molecule has 4 nitrogen and oxygen atoms in total. The first-order valence-corrected chi connectivity index (χ1v) is 9.65. The topological polar surface area (TPSA) is 40.0 Å². The van der Waals surface area contributed by atoms with Gasteiger partial charge in [-0.2, -0.15) is 0 Å². The van der Waals surface area contributed by atoms with Crippen LogP contribution in [-0.2, 0) is 14.0 Å². The van der Waals surface area contributed by atoms with Gasteiger partial charge in [0.15, 0.2) is 14.4 Å². The van der Waals surface area contributed by atoms with Crippen molar-refractivity contribution in [2.24, 2.45) is 5.16 Å². The average Bonchev–Trinajstić information content (AvgIpc) is 2.52. The molecule has 1 heterocycles. The lowest BCUT2D eigenvalue weighted by Gasteiger charge is -2.23. The van der Waals surface area contributed by atoms with Crippen molar-refractivity contribution in [3.05, 3.63) is 0 Å². The van der Waals surface area contributed by atoms with Crippen LogP contribution in [0.25, 0.3) is 0 Å². The summed E-state index contributed by atoms with van der Waals surface area (Å²) in [4.78, 5) is 5.51. The Labute approximate surface area is 106 Å². The molecule has 1 rings (SSSR count). The Hall–Kier alpha value is -0.328. The van der Waals surface area contributed by atoms with E-state index in [4.69, 9.17) is 14.0 Å². The van der Waals surface area contributed by atoms with Gasteiger partial charge in [0.2, 0.25) is 0 Å². The number of hydrogen-bond donors (Lipinski definition) is 0. The van der Waals surface area contributed by atoms with Crippen LogP contribution in [0.3, 0.4) is 0 Å². The Morgan fingerprint density at radius 1 is 1.41 bits per heavy atom. The Morgan fingerprint density at radius 3 is 2.59 bits per heavy atom. The van der Waals surface area contributed by atoms with Crippen molar-refractivity contribution in [2.45, 2.75) is 58.1 Å². The Bertz CT molecular complexity index is 276. The SMILES string of the molecule is BC1CC(ON=C(C)C)C(CO[Si](C)(C)C)O1. The van der Waals surface area contributed by atoms with Gasteiger partial charge in [-0.3, -0.25) is 0 Å². The Balaban J connectivity index is 2.47. The summed E-state index contributed by atoms with van der Waals surface area (Å²) in [5.41, 5.74) is 0.925. The lowest BCUT2D eigenvalue weighted by molar-refractivity contribution is -0.0324. The number of oxime groups is 1. The van der Waals surface area contributed by atoms with Gasteiger partial charge in [0.25, 0.3) is 0 Å². The zero-order chi connectivity index (χ0) is 13.1. The van der Waals surface area contributed by atoms with Crippen molar-refractivity contribution in [2.75, 3.05) is 6.61 Å². The van der Waals surface area contributed by atoms with Crippen LogP contribution in [0.15, 0.2) is 5.16 Å². The van der Waals surface area contributed by atoms with Crippen molar-refractivity contribution in [3.63, 3.8) is 0 Å². The third kappa shape index (κ3) is 5.70. The van der Waals surface area contributed by atoms with Crippen LogP contribution in [0.2, 0.25) is 19.6 Å². The first-order valence-electron chi connectivity index (χ1n) is 6.24. The molecule has 0 aromatic rings. The summed E-state index contributed by atoms with van der Waals surface area (Å²) in [6.45, 7) is 11.0. The quantitative estimate of drug-likeness (QED) is 0.424. The summed E-state index contributed by atoms with van der Waals surface area (Å²) in [7, 11) is 0.570. The van der Waals surface area contributed by atoms with Crippen molar-refractivity contribution in [1.29, 1.82) is 0 Å². The molecule has 3 unspecified atom stereocenters. The molecule has 1 saturated heterocycles. The first-order chi connectivity index (χ1) is 7.78. The lowest BCUT2D eigenvalue weighted by Crippen LogP contribution is -2.35. The van der Waals surface area contributed by atoms with E-state index < -0.39 is 8.32 Å². The minimum absolute atomic E-state index is 0.0137. The van der Waals surface area contributed by atoms with Gasteiger partial charge in [0.1, 0.15) is 14.0 Å². The van der Waals surface area contributed by atoms with Crippen molar-refractivity contribution in [1.82, 2.24) is 0 Å². The van der Waals surface area contributed by atoms with Gasteiger partial charge in [-0.05, 0) is 33.5 Å². The fraction of sp³-hybridized carbons (Fsp3) is 0.909. The summed E-state index contributed by atoms with van der Waals surface area (Å²) in [6, 6.07) is 0.225. The second kappa shape index (κ2) is 6.02. The summed E-state index contributed by atoms with van der Waals surface area (Å²) in [6.07, 6.45) is 0.923. The third-order valence-electron chi connectivity index (χ3n) is 2.44. The monoisotopic (exact) mass is 257 g/mol. The smallest absolute Gasteiger partial charge is 0.183 e. The maximum atomic E-state index is 5.88. The van der Waals surface area contributed by atoms with E-state index in [9.17, 15) is 0 Å². The van der Waals surface area contributed by atoms with Crippen LogP contribution < -0.4 is 0 Å². The van der Waals surface area contributed by atoms with E-state index in [1.807, 2.05) is 13.8 Å². The summed E-state index contributed by atoms with van der Waals surface area (Å²) < 4.78 is 11.7. The molecule has 0 saturated carbocycles. The second-order valence-corrected chi connectivity index (χ2v) is 10.3. The van der Waals surface area contributed by atoms with E-state index in [2.05, 4.69) is 32.6 Å². The molecule has 0 aromatic heterocycles. The van der Waals surface area contributed by atoms with Gasteiger partial charge in [0.05, 0.1) is 12.3 Å². The number of nitrogens with zero attached hydrogens (tertiary/aromatic N) is 1. The standard InChI is InChI=1S/C11H24BNO3Si/c1-8(2)13-16-9-6-11(12)15-10(9)7-14-17(3,4)5/h9-11H,6-7,12H2,1-5H3. The molecule has 0 bridgehead atoms. The van der Waals surface area contributed by atoms with Gasteiger partial charge < -0.3 is 14.0 Å². The molecule has 1 fully saturated rings. The fourth-order valence-electron chi connectivity index (χ4n) is 1.68. The molecule has 0 N–H and O–H groups in total. The molecule has 17 heavy (non-hydrogen) atoms. The van der Waals surface area contributed by atoms with Crippen LogP contribution in [-0.4, -0.2) is 46.7 Å². The maximum Gasteiger partial charge on any atom is 0.183 e. The zero-order valence-electron chi connectivity index (χ0n) is 11.8. The predicted molar refractivity (Wildman–Crippen MR) is 74.8 cm³/mol. The molecule has 0 spiro atoms. The molecular weight excluding hydrogens is 233 g/mol. The number of hydrogen-bond acceptors (Lipinski definition) is 4. The number of ether oxygens (including phenoxy) is 1. The molecule has 6 heteroatoms. The van der Waals surface area contributed by atoms with Crippen LogP contribution >= 0.6 is 0 Å². The van der Waals surface area contributed by atoms with Crippen LogP contribution in [0.1, 0.15) is 20.3 Å². The van der Waals surface area contributed by atoms with Gasteiger partial charge in [0, 0.05) is 12.4 Å². The summed E-state index contributed by atoms with van der Waals surface area (Å²) in [5.74, 6) is 0. The van der Waals surface area contributed by atoms with Gasteiger partial charge in [-0.25, -0.2) is 0 Å². The molecule has 0 radical (unpaired) electrons. The lowest BCUT2D eigenvalue weighted by atomic mass is 9.96. The van der Waals surface area contributed by atoms with E-state index in [0.29, 0.717) is 6.61 Å². The van der Waals surface area contributed by atoms with E-state index in [0.717, 1.165) is 12.1 Å². The molecule has 0 aromatic carbocycles. The van der Waals surface area contributed by atoms with E-state index in [-0.39, 0.29) is 18.2 Å². The normalized spacial score (nSPS) is 29.1. The molecule has 3 atom stereocenters.